The number of ether oxygens (including phenoxy) is 2. The number of benzene rings is 2. The lowest BCUT2D eigenvalue weighted by molar-refractivity contribution is 0.0963. The van der Waals surface area contributed by atoms with E-state index in [0.29, 0.717) is 30.6 Å². The average Bonchev–Trinajstić information content (AvgIpc) is 3.72. The molecule has 2 atom stereocenters. The standard InChI is InChI=1S/C29H34F4O3/c1-16(34)18-6-8-20(9-7-18)22-11-10-21(26(30)27(22)31)19-4-2-17(3-5-19)14-35-24-13-12-23(25-15-36-25)28(32)29(24)33/h10-13,16-20,25,34H,2-9,14-15H2,1H3. The van der Waals surface area contributed by atoms with Gasteiger partial charge in [0.25, 0.3) is 0 Å². The van der Waals surface area contributed by atoms with Crippen molar-refractivity contribution in [1.82, 2.24) is 0 Å². The summed E-state index contributed by atoms with van der Waals surface area (Å²) in [6.07, 6.45) is 5.32. The fraction of sp³-hybridized carbons (Fsp3) is 0.586. The Kier molecular flexibility index (Phi) is 7.59. The van der Waals surface area contributed by atoms with Crippen LogP contribution in [0, 0.1) is 35.1 Å². The molecule has 2 aliphatic carbocycles. The fourth-order valence-electron chi connectivity index (χ4n) is 6.10. The van der Waals surface area contributed by atoms with Crippen molar-refractivity contribution < 1.29 is 32.1 Å². The molecule has 1 aliphatic heterocycles. The molecule has 1 saturated heterocycles. The highest BCUT2D eigenvalue weighted by Gasteiger charge is 2.32. The first-order valence-corrected chi connectivity index (χ1v) is 13.2. The molecule has 2 unspecified atom stereocenters. The second kappa shape index (κ2) is 10.7. The third kappa shape index (κ3) is 5.28. The largest absolute Gasteiger partial charge is 0.490 e. The molecule has 3 fully saturated rings. The van der Waals surface area contributed by atoms with Crippen molar-refractivity contribution >= 4 is 0 Å². The van der Waals surface area contributed by atoms with E-state index in [-0.39, 0.29) is 53.8 Å². The summed E-state index contributed by atoms with van der Waals surface area (Å²) in [7, 11) is 0. The molecule has 2 aromatic rings. The van der Waals surface area contributed by atoms with E-state index < -0.39 is 23.3 Å². The van der Waals surface area contributed by atoms with E-state index >= 15 is 8.78 Å². The van der Waals surface area contributed by atoms with Gasteiger partial charge in [-0.3, -0.25) is 0 Å². The lowest BCUT2D eigenvalue weighted by atomic mass is 9.75. The second-order valence-corrected chi connectivity index (χ2v) is 10.9. The van der Waals surface area contributed by atoms with Crippen molar-refractivity contribution in [2.45, 2.75) is 82.3 Å². The van der Waals surface area contributed by atoms with Crippen LogP contribution in [0.3, 0.4) is 0 Å². The predicted molar refractivity (Wildman–Crippen MR) is 128 cm³/mol. The Hall–Kier alpha value is -2.12. The van der Waals surface area contributed by atoms with Gasteiger partial charge in [-0.15, -0.1) is 0 Å². The minimum Gasteiger partial charge on any atom is -0.490 e. The van der Waals surface area contributed by atoms with Crippen molar-refractivity contribution in [3.63, 3.8) is 0 Å². The Balaban J connectivity index is 1.16. The molecule has 0 amide bonds. The van der Waals surface area contributed by atoms with Gasteiger partial charge in [-0.05, 0) is 105 Å². The zero-order chi connectivity index (χ0) is 25.4. The lowest BCUT2D eigenvalue weighted by Gasteiger charge is -2.32. The molecule has 196 valence electrons. The van der Waals surface area contributed by atoms with Crippen molar-refractivity contribution in [2.75, 3.05) is 13.2 Å². The Morgan fingerprint density at radius 2 is 1.28 bits per heavy atom. The van der Waals surface area contributed by atoms with Gasteiger partial charge in [-0.2, -0.15) is 4.39 Å². The maximum atomic E-state index is 15.1. The molecule has 7 heteroatoms. The monoisotopic (exact) mass is 506 g/mol. The van der Waals surface area contributed by atoms with Gasteiger partial charge in [0.2, 0.25) is 5.82 Å². The smallest absolute Gasteiger partial charge is 0.200 e. The summed E-state index contributed by atoms with van der Waals surface area (Å²) < 4.78 is 69.4. The first kappa shape index (κ1) is 25.5. The Morgan fingerprint density at radius 3 is 1.81 bits per heavy atom. The van der Waals surface area contributed by atoms with E-state index in [0.717, 1.165) is 38.5 Å². The van der Waals surface area contributed by atoms with Crippen molar-refractivity contribution in [1.29, 1.82) is 0 Å². The predicted octanol–water partition coefficient (Wildman–Crippen LogP) is 7.32. The highest BCUT2D eigenvalue weighted by Crippen LogP contribution is 2.42. The molecular formula is C29H34F4O3. The van der Waals surface area contributed by atoms with E-state index in [9.17, 15) is 13.9 Å². The maximum absolute atomic E-state index is 15.1. The third-order valence-electron chi connectivity index (χ3n) is 8.55. The van der Waals surface area contributed by atoms with Crippen LogP contribution >= 0.6 is 0 Å². The topological polar surface area (TPSA) is 42.0 Å². The van der Waals surface area contributed by atoms with Gasteiger partial charge in [0.05, 0.1) is 19.3 Å². The molecule has 2 aromatic carbocycles. The fourth-order valence-corrected chi connectivity index (χ4v) is 6.10. The highest BCUT2D eigenvalue weighted by atomic mass is 19.2. The molecule has 0 spiro atoms. The zero-order valence-electron chi connectivity index (χ0n) is 20.6. The summed E-state index contributed by atoms with van der Waals surface area (Å²) in [6, 6.07) is 6.45. The minimum absolute atomic E-state index is 0.00691. The van der Waals surface area contributed by atoms with Crippen LogP contribution in [0.1, 0.15) is 92.9 Å². The van der Waals surface area contributed by atoms with Crippen LogP contribution in [0.4, 0.5) is 17.6 Å². The van der Waals surface area contributed by atoms with E-state index in [1.807, 2.05) is 0 Å². The van der Waals surface area contributed by atoms with Gasteiger partial charge in [0, 0.05) is 5.56 Å². The maximum Gasteiger partial charge on any atom is 0.200 e. The van der Waals surface area contributed by atoms with Crippen molar-refractivity contribution in [2.24, 2.45) is 11.8 Å². The van der Waals surface area contributed by atoms with Crippen LogP contribution in [-0.2, 0) is 4.74 Å². The number of hydrogen-bond acceptors (Lipinski definition) is 3. The Labute approximate surface area is 209 Å². The van der Waals surface area contributed by atoms with E-state index in [4.69, 9.17) is 9.47 Å². The highest BCUT2D eigenvalue weighted by molar-refractivity contribution is 5.34. The van der Waals surface area contributed by atoms with Crippen LogP contribution < -0.4 is 4.74 Å². The number of halogens is 4. The summed E-state index contributed by atoms with van der Waals surface area (Å²) >= 11 is 0. The van der Waals surface area contributed by atoms with E-state index in [1.54, 1.807) is 19.1 Å². The number of aliphatic hydroxyl groups is 1. The summed E-state index contributed by atoms with van der Waals surface area (Å²) in [5.41, 5.74) is 1.10. The van der Waals surface area contributed by atoms with Crippen LogP contribution in [0.5, 0.6) is 5.75 Å². The first-order valence-electron chi connectivity index (χ1n) is 13.2. The van der Waals surface area contributed by atoms with Crippen LogP contribution in [-0.4, -0.2) is 24.4 Å². The van der Waals surface area contributed by atoms with Gasteiger partial charge >= 0.3 is 0 Å². The van der Waals surface area contributed by atoms with Crippen molar-refractivity contribution in [3.05, 3.63) is 64.2 Å². The second-order valence-electron chi connectivity index (χ2n) is 10.9. The molecule has 1 heterocycles. The van der Waals surface area contributed by atoms with Crippen LogP contribution in [0.25, 0.3) is 0 Å². The van der Waals surface area contributed by atoms with Gasteiger partial charge in [-0.1, -0.05) is 12.1 Å². The molecular weight excluding hydrogens is 472 g/mol. The molecule has 0 bridgehead atoms. The summed E-state index contributed by atoms with van der Waals surface area (Å²) in [5, 5.41) is 9.80. The Morgan fingerprint density at radius 1 is 0.778 bits per heavy atom. The SMILES string of the molecule is CC(O)C1CCC(c2ccc(C3CCC(COc4ccc(C5CO5)c(F)c4F)CC3)c(F)c2F)CC1. The van der Waals surface area contributed by atoms with E-state index in [2.05, 4.69) is 0 Å². The van der Waals surface area contributed by atoms with Crippen LogP contribution in [0.15, 0.2) is 24.3 Å². The van der Waals surface area contributed by atoms with Gasteiger partial charge < -0.3 is 14.6 Å². The zero-order valence-corrected chi connectivity index (χ0v) is 20.6. The molecule has 1 N–H and O–H groups in total. The molecule has 2 saturated carbocycles. The summed E-state index contributed by atoms with van der Waals surface area (Å²) in [4.78, 5) is 0. The minimum atomic E-state index is -0.992. The lowest BCUT2D eigenvalue weighted by Crippen LogP contribution is -2.23. The molecule has 3 aliphatic rings. The number of aliphatic hydroxyl groups excluding tert-OH is 1. The molecule has 36 heavy (non-hydrogen) atoms. The molecule has 0 radical (unpaired) electrons. The normalized spacial score (nSPS) is 29.1. The average molecular weight is 507 g/mol. The van der Waals surface area contributed by atoms with Crippen molar-refractivity contribution in [3.8, 4) is 5.75 Å². The number of hydrogen-bond donors (Lipinski definition) is 1. The molecule has 3 nitrogen and oxygen atoms in total. The third-order valence-corrected chi connectivity index (χ3v) is 8.55. The number of rotatable bonds is 7. The first-order chi connectivity index (χ1) is 17.3. The Bertz CT molecular complexity index is 1070. The van der Waals surface area contributed by atoms with Crippen LogP contribution in [0.2, 0.25) is 0 Å². The van der Waals surface area contributed by atoms with Gasteiger partial charge in [-0.25, -0.2) is 13.2 Å². The number of epoxide rings is 1. The quantitative estimate of drug-likeness (QED) is 0.316. The molecule has 5 rings (SSSR count). The molecule has 0 aromatic heterocycles. The van der Waals surface area contributed by atoms with Gasteiger partial charge in [0.1, 0.15) is 6.10 Å². The summed E-state index contributed by atoms with van der Waals surface area (Å²) in [5.74, 6) is -3.17. The summed E-state index contributed by atoms with van der Waals surface area (Å²) in [6.45, 7) is 2.45. The van der Waals surface area contributed by atoms with Gasteiger partial charge in [0.15, 0.2) is 23.2 Å². The van der Waals surface area contributed by atoms with E-state index in [1.165, 1.54) is 12.1 Å².